The van der Waals surface area contributed by atoms with Crippen LogP contribution >= 0.6 is 0 Å². The lowest BCUT2D eigenvalue weighted by Gasteiger charge is -2.34. The van der Waals surface area contributed by atoms with Gasteiger partial charge >= 0.3 is 0 Å². The first-order chi connectivity index (χ1) is 8.92. The Morgan fingerprint density at radius 1 is 0.714 bits per heavy atom. The quantitative estimate of drug-likeness (QED) is 0.660. The molecule has 0 saturated heterocycles. The van der Waals surface area contributed by atoms with Gasteiger partial charge in [-0.3, -0.25) is 4.99 Å². The Bertz CT molecular complexity index is 399. The molecule has 2 heteroatoms. The third-order valence-corrected chi connectivity index (χ3v) is 2.82. The summed E-state index contributed by atoms with van der Waals surface area (Å²) in [7, 11) is 0. The molecule has 0 radical (unpaired) electrons. The van der Waals surface area contributed by atoms with Crippen LogP contribution in [0.5, 0.6) is 0 Å². The zero-order valence-corrected chi connectivity index (χ0v) is 16.5. The lowest BCUT2D eigenvalue weighted by Crippen LogP contribution is -2.40. The van der Waals surface area contributed by atoms with Gasteiger partial charge < -0.3 is 5.32 Å². The van der Waals surface area contributed by atoms with E-state index in [1.165, 1.54) is 5.70 Å². The summed E-state index contributed by atoms with van der Waals surface area (Å²) in [6, 6.07) is 0. The van der Waals surface area contributed by atoms with Crippen molar-refractivity contribution in [2.45, 2.75) is 94.2 Å². The molecule has 0 atom stereocenters. The number of nitrogens with one attached hydrogen (secondary N) is 1. The van der Waals surface area contributed by atoms with E-state index in [4.69, 9.17) is 4.99 Å². The van der Waals surface area contributed by atoms with Gasteiger partial charge in [-0.25, -0.2) is 0 Å². The second kappa shape index (κ2) is 6.14. The SMILES string of the molecule is CC(C)(C)N=C(C=C(NC(C)(C)C)C(C)(C)C)C(C)(C)C. The molecule has 0 saturated carbocycles. The van der Waals surface area contributed by atoms with Gasteiger partial charge in [-0.15, -0.1) is 0 Å². The summed E-state index contributed by atoms with van der Waals surface area (Å²) in [4.78, 5) is 4.96. The van der Waals surface area contributed by atoms with Crippen molar-refractivity contribution in [2.24, 2.45) is 15.8 Å². The molecule has 0 aliphatic carbocycles. The maximum atomic E-state index is 4.96. The van der Waals surface area contributed by atoms with Crippen molar-refractivity contribution >= 4 is 5.71 Å². The maximum Gasteiger partial charge on any atom is 0.0527 e. The standard InChI is InChI=1S/C19H38N2/c1-16(2,3)14(20-18(7,8)9)13-15(17(4,5)6)21-19(10,11)12/h13,20H,1-12H3. The summed E-state index contributed by atoms with van der Waals surface area (Å²) in [5, 5.41) is 3.66. The molecule has 0 aromatic carbocycles. The van der Waals surface area contributed by atoms with Crippen LogP contribution < -0.4 is 5.32 Å². The van der Waals surface area contributed by atoms with Gasteiger partial charge in [-0.2, -0.15) is 0 Å². The summed E-state index contributed by atoms with van der Waals surface area (Å²) in [5.74, 6) is 0. The molecular weight excluding hydrogens is 256 g/mol. The van der Waals surface area contributed by atoms with Crippen molar-refractivity contribution in [3.63, 3.8) is 0 Å². The van der Waals surface area contributed by atoms with Crippen molar-refractivity contribution < 1.29 is 0 Å². The smallest absolute Gasteiger partial charge is 0.0527 e. The van der Waals surface area contributed by atoms with E-state index >= 15 is 0 Å². The van der Waals surface area contributed by atoms with Crippen molar-refractivity contribution in [3.05, 3.63) is 11.8 Å². The van der Waals surface area contributed by atoms with Gasteiger partial charge in [-0.1, -0.05) is 41.5 Å². The van der Waals surface area contributed by atoms with Crippen LogP contribution in [0.15, 0.2) is 16.8 Å². The summed E-state index contributed by atoms with van der Waals surface area (Å²) < 4.78 is 0. The highest BCUT2D eigenvalue weighted by Gasteiger charge is 2.26. The largest absolute Gasteiger partial charge is 0.383 e. The van der Waals surface area contributed by atoms with Gasteiger partial charge in [0.05, 0.1) is 5.54 Å². The second-order valence-electron chi connectivity index (χ2n) is 10.1. The van der Waals surface area contributed by atoms with Crippen molar-refractivity contribution in [3.8, 4) is 0 Å². The minimum Gasteiger partial charge on any atom is -0.383 e. The molecule has 0 aromatic rings. The predicted octanol–water partition coefficient (Wildman–Crippen LogP) is 5.59. The molecule has 0 unspecified atom stereocenters. The average Bonchev–Trinajstić information content (AvgIpc) is 2.07. The van der Waals surface area contributed by atoms with Crippen molar-refractivity contribution in [1.29, 1.82) is 0 Å². The third kappa shape index (κ3) is 8.95. The summed E-state index contributed by atoms with van der Waals surface area (Å²) in [5.41, 5.74) is 2.47. The number of hydrogen-bond acceptors (Lipinski definition) is 2. The summed E-state index contributed by atoms with van der Waals surface area (Å²) >= 11 is 0. The molecule has 0 fully saturated rings. The number of nitrogens with zero attached hydrogens (tertiary/aromatic N) is 1. The lowest BCUT2D eigenvalue weighted by atomic mass is 9.84. The molecule has 0 bridgehead atoms. The molecule has 0 rings (SSSR count). The Kier molecular flexibility index (Phi) is 5.91. The Morgan fingerprint density at radius 3 is 1.38 bits per heavy atom. The molecule has 124 valence electrons. The Balaban J connectivity index is 5.93. The molecule has 0 aliphatic rings. The van der Waals surface area contributed by atoms with Crippen LogP contribution in [0.1, 0.15) is 83.1 Å². The molecular formula is C19H38N2. The minimum atomic E-state index is -0.0656. The average molecular weight is 295 g/mol. The van der Waals surface area contributed by atoms with Gasteiger partial charge in [0.2, 0.25) is 0 Å². The van der Waals surface area contributed by atoms with E-state index in [2.05, 4.69) is 94.5 Å². The van der Waals surface area contributed by atoms with Gasteiger partial charge in [0.1, 0.15) is 0 Å². The number of allylic oxidation sites excluding steroid dienone is 2. The van der Waals surface area contributed by atoms with Gasteiger partial charge in [0.25, 0.3) is 0 Å². The first-order valence-electron chi connectivity index (χ1n) is 8.02. The van der Waals surface area contributed by atoms with Gasteiger partial charge in [0, 0.05) is 27.8 Å². The van der Waals surface area contributed by atoms with Crippen LogP contribution in [0.3, 0.4) is 0 Å². The molecule has 0 aromatic heterocycles. The molecule has 0 aliphatic heterocycles. The highest BCUT2D eigenvalue weighted by molar-refractivity contribution is 5.99. The third-order valence-electron chi connectivity index (χ3n) is 2.82. The van der Waals surface area contributed by atoms with Gasteiger partial charge in [-0.05, 0) is 47.6 Å². The molecule has 0 heterocycles. The van der Waals surface area contributed by atoms with Gasteiger partial charge in [0.15, 0.2) is 0 Å². The van der Waals surface area contributed by atoms with Crippen LogP contribution in [0.4, 0.5) is 0 Å². The molecule has 0 amide bonds. The molecule has 0 spiro atoms. The highest BCUT2D eigenvalue weighted by atomic mass is 15.0. The number of aliphatic imine (C=N–C) groups is 1. The summed E-state index contributed by atoms with van der Waals surface area (Å²) in [6.07, 6.45) is 2.26. The normalized spacial score (nSPS) is 16.2. The van der Waals surface area contributed by atoms with E-state index in [-0.39, 0.29) is 21.9 Å². The van der Waals surface area contributed by atoms with E-state index in [0.29, 0.717) is 0 Å². The topological polar surface area (TPSA) is 24.4 Å². The van der Waals surface area contributed by atoms with E-state index < -0.39 is 0 Å². The van der Waals surface area contributed by atoms with E-state index in [0.717, 1.165) is 5.71 Å². The van der Waals surface area contributed by atoms with Crippen LogP contribution in [0, 0.1) is 10.8 Å². The van der Waals surface area contributed by atoms with Crippen molar-refractivity contribution in [2.75, 3.05) is 0 Å². The Labute approximate surface area is 133 Å². The molecule has 21 heavy (non-hydrogen) atoms. The summed E-state index contributed by atoms with van der Waals surface area (Å²) in [6.45, 7) is 26.5. The molecule has 2 nitrogen and oxygen atoms in total. The van der Waals surface area contributed by atoms with Crippen LogP contribution in [-0.2, 0) is 0 Å². The monoisotopic (exact) mass is 294 g/mol. The van der Waals surface area contributed by atoms with Crippen LogP contribution in [0.25, 0.3) is 0 Å². The lowest BCUT2D eigenvalue weighted by molar-refractivity contribution is 0.382. The minimum absolute atomic E-state index is 0.0311. The second-order valence-corrected chi connectivity index (χ2v) is 10.1. The maximum absolute atomic E-state index is 4.96. The Morgan fingerprint density at radius 2 is 1.14 bits per heavy atom. The van der Waals surface area contributed by atoms with Crippen LogP contribution in [0.2, 0.25) is 0 Å². The zero-order valence-electron chi connectivity index (χ0n) is 16.5. The number of rotatable bonds is 2. The predicted molar refractivity (Wildman–Crippen MR) is 97.1 cm³/mol. The molecule has 1 N–H and O–H groups in total. The fraction of sp³-hybridized carbons (Fsp3) is 0.842. The van der Waals surface area contributed by atoms with E-state index in [9.17, 15) is 0 Å². The van der Waals surface area contributed by atoms with Crippen LogP contribution in [-0.4, -0.2) is 16.8 Å². The van der Waals surface area contributed by atoms with Crippen molar-refractivity contribution in [1.82, 2.24) is 5.32 Å². The van der Waals surface area contributed by atoms with E-state index in [1.807, 2.05) is 0 Å². The number of hydrogen-bond donors (Lipinski definition) is 1. The first-order valence-corrected chi connectivity index (χ1v) is 8.02. The Hall–Kier alpha value is -0.790. The van der Waals surface area contributed by atoms with E-state index in [1.54, 1.807) is 0 Å². The fourth-order valence-corrected chi connectivity index (χ4v) is 1.76. The highest BCUT2D eigenvalue weighted by Crippen LogP contribution is 2.28. The first kappa shape index (κ1) is 20.2. The fourth-order valence-electron chi connectivity index (χ4n) is 1.76. The zero-order chi connectivity index (χ0) is 17.3.